The van der Waals surface area contributed by atoms with Gasteiger partial charge >= 0.3 is 0 Å². The highest BCUT2D eigenvalue weighted by atomic mass is 16.3. The van der Waals surface area contributed by atoms with Gasteiger partial charge in [-0.3, -0.25) is 0 Å². The van der Waals surface area contributed by atoms with E-state index in [9.17, 15) is 0 Å². The maximum atomic E-state index is 5.82. The molecule has 2 rings (SSSR count). The lowest BCUT2D eigenvalue weighted by Gasteiger charge is -2.14. The molecule has 0 amide bonds. The molecule has 1 aromatic carbocycles. The molecule has 0 spiro atoms. The topological polar surface area (TPSA) is 52.0 Å². The maximum absolute atomic E-state index is 5.82. The first-order valence-corrected chi connectivity index (χ1v) is 5.69. The molecule has 2 N–H and O–H groups in total. The number of nitrogens with zero attached hydrogens (tertiary/aromatic N) is 1. The van der Waals surface area contributed by atoms with Gasteiger partial charge in [-0.15, -0.1) is 0 Å². The molecule has 1 atom stereocenters. The van der Waals surface area contributed by atoms with Gasteiger partial charge in [0.15, 0.2) is 11.5 Å². The Balaban J connectivity index is 2.50. The van der Waals surface area contributed by atoms with Crippen LogP contribution in [-0.4, -0.2) is 11.5 Å². The Hall–Kier alpha value is -1.35. The van der Waals surface area contributed by atoms with Crippen molar-refractivity contribution < 1.29 is 4.42 Å². The molecule has 16 heavy (non-hydrogen) atoms. The Morgan fingerprint density at radius 1 is 1.38 bits per heavy atom. The van der Waals surface area contributed by atoms with Crippen molar-refractivity contribution in [2.75, 3.05) is 6.54 Å². The van der Waals surface area contributed by atoms with Gasteiger partial charge in [0.2, 0.25) is 0 Å². The molecule has 3 nitrogen and oxygen atoms in total. The average molecular weight is 218 g/mol. The minimum atomic E-state index is 0.201. The van der Waals surface area contributed by atoms with Crippen molar-refractivity contribution >= 4 is 11.1 Å². The highest BCUT2D eigenvalue weighted by molar-refractivity contribution is 5.76. The lowest BCUT2D eigenvalue weighted by atomic mass is 9.96. The number of rotatable bonds is 3. The molecular formula is C13H18N2O. The highest BCUT2D eigenvalue weighted by Crippen LogP contribution is 2.27. The van der Waals surface area contributed by atoms with E-state index in [1.54, 1.807) is 0 Å². The first-order chi connectivity index (χ1) is 7.63. The van der Waals surface area contributed by atoms with Crippen LogP contribution in [0.4, 0.5) is 0 Å². The Labute approximate surface area is 95.7 Å². The molecule has 0 radical (unpaired) electrons. The summed E-state index contributed by atoms with van der Waals surface area (Å²) in [5, 5.41) is 0. The van der Waals surface area contributed by atoms with Gasteiger partial charge in [0.25, 0.3) is 0 Å². The van der Waals surface area contributed by atoms with Crippen LogP contribution in [0, 0.1) is 12.8 Å². The quantitative estimate of drug-likeness (QED) is 0.861. The predicted octanol–water partition coefficient (Wildman–Crippen LogP) is 2.83. The molecular weight excluding hydrogens is 200 g/mol. The Morgan fingerprint density at radius 3 is 2.69 bits per heavy atom. The zero-order valence-corrected chi connectivity index (χ0v) is 10.0. The second-order valence-electron chi connectivity index (χ2n) is 4.56. The summed E-state index contributed by atoms with van der Waals surface area (Å²) in [6.07, 6.45) is 0. The van der Waals surface area contributed by atoms with E-state index in [1.165, 1.54) is 0 Å². The van der Waals surface area contributed by atoms with Crippen LogP contribution in [0.1, 0.15) is 31.2 Å². The number of nitrogens with two attached hydrogens (primary N) is 1. The summed E-state index contributed by atoms with van der Waals surface area (Å²) in [4.78, 5) is 4.52. The smallest absolute Gasteiger partial charge is 0.200 e. The average Bonchev–Trinajstić information content (AvgIpc) is 2.63. The molecule has 86 valence electrons. The molecule has 2 aromatic rings. The van der Waals surface area contributed by atoms with Crippen LogP contribution in [-0.2, 0) is 0 Å². The van der Waals surface area contributed by atoms with Crippen molar-refractivity contribution in [3.05, 3.63) is 29.7 Å². The molecule has 0 aliphatic heterocycles. The summed E-state index contributed by atoms with van der Waals surface area (Å²) >= 11 is 0. The van der Waals surface area contributed by atoms with Crippen molar-refractivity contribution in [3.63, 3.8) is 0 Å². The number of oxazole rings is 1. The van der Waals surface area contributed by atoms with Crippen LogP contribution in [0.2, 0.25) is 0 Å². The van der Waals surface area contributed by atoms with Gasteiger partial charge in [-0.2, -0.15) is 0 Å². The summed E-state index contributed by atoms with van der Waals surface area (Å²) < 4.78 is 5.82. The summed E-state index contributed by atoms with van der Waals surface area (Å²) in [6, 6.07) is 6.00. The Bertz CT molecular complexity index is 488. The van der Waals surface area contributed by atoms with E-state index in [2.05, 4.69) is 18.8 Å². The predicted molar refractivity (Wildman–Crippen MR) is 65.4 cm³/mol. The number of hydrogen-bond donors (Lipinski definition) is 1. The van der Waals surface area contributed by atoms with Crippen molar-refractivity contribution in [2.24, 2.45) is 11.7 Å². The van der Waals surface area contributed by atoms with Gasteiger partial charge in [0.1, 0.15) is 5.52 Å². The van der Waals surface area contributed by atoms with Gasteiger partial charge in [-0.25, -0.2) is 4.98 Å². The number of para-hydroxylation sites is 1. The zero-order chi connectivity index (χ0) is 11.7. The van der Waals surface area contributed by atoms with E-state index >= 15 is 0 Å². The van der Waals surface area contributed by atoms with E-state index in [-0.39, 0.29) is 5.92 Å². The third-order valence-electron chi connectivity index (χ3n) is 3.00. The van der Waals surface area contributed by atoms with Crippen molar-refractivity contribution in [1.82, 2.24) is 4.98 Å². The Morgan fingerprint density at radius 2 is 2.12 bits per heavy atom. The fourth-order valence-corrected chi connectivity index (χ4v) is 1.92. The second kappa shape index (κ2) is 4.26. The van der Waals surface area contributed by atoms with Crippen LogP contribution in [0.3, 0.4) is 0 Å². The van der Waals surface area contributed by atoms with E-state index in [0.29, 0.717) is 12.5 Å². The van der Waals surface area contributed by atoms with Crippen LogP contribution in [0.5, 0.6) is 0 Å². The molecule has 1 aromatic heterocycles. The maximum Gasteiger partial charge on any atom is 0.200 e. The van der Waals surface area contributed by atoms with Gasteiger partial charge in [-0.05, 0) is 24.5 Å². The first kappa shape index (κ1) is 11.1. The molecule has 0 bridgehead atoms. The summed E-state index contributed by atoms with van der Waals surface area (Å²) in [5.41, 5.74) is 8.70. The van der Waals surface area contributed by atoms with Crippen LogP contribution in [0.25, 0.3) is 11.1 Å². The van der Waals surface area contributed by atoms with Gasteiger partial charge in [0.05, 0.1) is 5.92 Å². The second-order valence-corrected chi connectivity index (χ2v) is 4.56. The monoisotopic (exact) mass is 218 g/mol. The number of hydrogen-bond acceptors (Lipinski definition) is 3. The SMILES string of the molecule is Cc1cccc2nc(C(CN)C(C)C)oc12. The minimum absolute atomic E-state index is 0.201. The molecule has 0 fully saturated rings. The van der Waals surface area contributed by atoms with Crippen molar-refractivity contribution in [3.8, 4) is 0 Å². The third kappa shape index (κ3) is 1.83. The first-order valence-electron chi connectivity index (χ1n) is 5.69. The van der Waals surface area contributed by atoms with Crippen molar-refractivity contribution in [1.29, 1.82) is 0 Å². The molecule has 0 saturated heterocycles. The van der Waals surface area contributed by atoms with Crippen LogP contribution >= 0.6 is 0 Å². The standard InChI is InChI=1S/C13H18N2O/c1-8(2)10(7-14)13-15-11-6-4-5-9(3)12(11)16-13/h4-6,8,10H,7,14H2,1-3H3. The van der Waals surface area contributed by atoms with E-state index in [4.69, 9.17) is 10.2 Å². The molecule has 1 heterocycles. The number of fused-ring (bicyclic) bond motifs is 1. The van der Waals surface area contributed by atoms with Crippen LogP contribution in [0.15, 0.2) is 22.6 Å². The lowest BCUT2D eigenvalue weighted by Crippen LogP contribution is -2.17. The number of aryl methyl sites for hydroxylation is 1. The summed E-state index contributed by atoms with van der Waals surface area (Å²) in [5.74, 6) is 1.41. The molecule has 0 aliphatic carbocycles. The lowest BCUT2D eigenvalue weighted by molar-refractivity contribution is 0.400. The third-order valence-corrected chi connectivity index (χ3v) is 3.00. The Kier molecular flexibility index (Phi) is 2.97. The molecule has 0 aliphatic rings. The minimum Gasteiger partial charge on any atom is -0.440 e. The normalized spacial score (nSPS) is 13.6. The number of benzene rings is 1. The fourth-order valence-electron chi connectivity index (χ4n) is 1.92. The fraction of sp³-hybridized carbons (Fsp3) is 0.462. The van der Waals surface area contributed by atoms with Gasteiger partial charge in [-0.1, -0.05) is 26.0 Å². The van der Waals surface area contributed by atoms with Crippen LogP contribution < -0.4 is 5.73 Å². The van der Waals surface area contributed by atoms with Gasteiger partial charge in [0, 0.05) is 6.54 Å². The summed E-state index contributed by atoms with van der Waals surface area (Å²) in [7, 11) is 0. The summed E-state index contributed by atoms with van der Waals surface area (Å²) in [6.45, 7) is 6.88. The van der Waals surface area contributed by atoms with Crippen molar-refractivity contribution in [2.45, 2.75) is 26.7 Å². The largest absolute Gasteiger partial charge is 0.440 e. The zero-order valence-electron chi connectivity index (χ0n) is 10.0. The molecule has 3 heteroatoms. The number of aromatic nitrogens is 1. The molecule has 0 saturated carbocycles. The van der Waals surface area contributed by atoms with E-state index in [0.717, 1.165) is 22.6 Å². The van der Waals surface area contributed by atoms with E-state index < -0.39 is 0 Å². The van der Waals surface area contributed by atoms with Gasteiger partial charge < -0.3 is 10.2 Å². The molecule has 1 unspecified atom stereocenters. The highest BCUT2D eigenvalue weighted by Gasteiger charge is 2.20. The van der Waals surface area contributed by atoms with E-state index in [1.807, 2.05) is 25.1 Å².